The van der Waals surface area contributed by atoms with Crippen LogP contribution in [0.3, 0.4) is 0 Å². The van der Waals surface area contributed by atoms with E-state index in [1.807, 2.05) is 0 Å². The topological polar surface area (TPSA) is 95.0 Å². The van der Waals surface area contributed by atoms with Crippen LogP contribution in [0.2, 0.25) is 0 Å². The van der Waals surface area contributed by atoms with Gasteiger partial charge in [0.15, 0.2) is 0 Å². The molecule has 4 atom stereocenters. The van der Waals surface area contributed by atoms with E-state index in [-0.39, 0.29) is 30.8 Å². The van der Waals surface area contributed by atoms with Gasteiger partial charge in [0.2, 0.25) is 5.91 Å². The molecule has 2 aliphatic carbocycles. The fourth-order valence-corrected chi connectivity index (χ4v) is 7.47. The highest BCUT2D eigenvalue weighted by Gasteiger charge is 2.55. The Bertz CT molecular complexity index is 799. The van der Waals surface area contributed by atoms with Crippen molar-refractivity contribution in [3.05, 3.63) is 17.5 Å². The zero-order chi connectivity index (χ0) is 18.5. The van der Waals surface area contributed by atoms with E-state index >= 15 is 0 Å². The van der Waals surface area contributed by atoms with Gasteiger partial charge in [0, 0.05) is 26.2 Å². The predicted molar refractivity (Wildman–Crippen MR) is 95.1 cm³/mol. The van der Waals surface area contributed by atoms with Crippen LogP contribution < -0.4 is 0 Å². The quantitative estimate of drug-likeness (QED) is 0.826. The molecule has 1 N–H and O–H groups in total. The van der Waals surface area contributed by atoms with Crippen molar-refractivity contribution in [1.29, 1.82) is 0 Å². The minimum atomic E-state index is -3.50. The fraction of sp³-hybridized carbons (Fsp3) is 0.647. The zero-order valence-corrected chi connectivity index (χ0v) is 15.9. The summed E-state index contributed by atoms with van der Waals surface area (Å²) in [6.45, 7) is 1.16. The van der Waals surface area contributed by atoms with Gasteiger partial charge in [0.05, 0.1) is 11.8 Å². The number of carbonyl (C=O) groups excluding carboxylic acids is 1. The lowest BCUT2D eigenvalue weighted by atomic mass is 9.78. The van der Waals surface area contributed by atoms with Crippen LogP contribution in [0.25, 0.3) is 0 Å². The first kappa shape index (κ1) is 17.9. The molecule has 0 spiro atoms. The molecule has 2 saturated carbocycles. The Hall–Kier alpha value is -1.45. The summed E-state index contributed by atoms with van der Waals surface area (Å²) in [5.74, 6) is -1.69. The molecule has 1 amide bonds. The molecule has 2 bridgehead atoms. The average molecular weight is 399 g/mol. The van der Waals surface area contributed by atoms with Gasteiger partial charge in [-0.3, -0.25) is 9.59 Å². The largest absolute Gasteiger partial charge is 0.481 e. The molecular formula is C17H22N2O5S2. The van der Waals surface area contributed by atoms with Gasteiger partial charge >= 0.3 is 5.97 Å². The number of fused-ring (bicyclic) bond motifs is 2. The third kappa shape index (κ3) is 2.86. The minimum absolute atomic E-state index is 0.0993. The highest BCUT2D eigenvalue weighted by molar-refractivity contribution is 7.91. The van der Waals surface area contributed by atoms with Gasteiger partial charge in [-0.1, -0.05) is 6.07 Å². The van der Waals surface area contributed by atoms with E-state index < -0.39 is 27.8 Å². The van der Waals surface area contributed by atoms with Gasteiger partial charge in [0.1, 0.15) is 4.21 Å². The van der Waals surface area contributed by atoms with E-state index in [1.54, 1.807) is 22.4 Å². The second-order valence-electron chi connectivity index (χ2n) is 7.38. The third-order valence-electron chi connectivity index (χ3n) is 6.13. The van der Waals surface area contributed by atoms with Crippen molar-refractivity contribution in [3.8, 4) is 0 Å². The highest BCUT2D eigenvalue weighted by atomic mass is 32.2. The molecule has 7 nitrogen and oxygen atoms in total. The standard InChI is InChI=1S/C17H22N2O5S2/c20-16(14-11-3-4-12(10-11)15(14)17(21)22)18-5-7-19(8-6-18)26(23,24)13-2-1-9-25-13/h1-2,9,11-12,14-15H,3-8,10H2,(H,21,22)/t11-,12+,14+,15+/m1/s1. The Balaban J connectivity index is 1.43. The molecule has 3 aliphatic rings. The Morgan fingerprint density at radius 2 is 1.73 bits per heavy atom. The second kappa shape index (κ2) is 6.61. The summed E-state index contributed by atoms with van der Waals surface area (Å²) in [7, 11) is -3.50. The van der Waals surface area contributed by atoms with Crippen molar-refractivity contribution >= 4 is 33.2 Å². The van der Waals surface area contributed by atoms with Gasteiger partial charge in [-0.15, -0.1) is 11.3 Å². The number of sulfonamides is 1. The normalized spacial score (nSPS) is 32.1. The van der Waals surface area contributed by atoms with Crippen LogP contribution in [0.15, 0.2) is 21.7 Å². The number of carboxylic acids is 1. The van der Waals surface area contributed by atoms with E-state index in [4.69, 9.17) is 0 Å². The monoisotopic (exact) mass is 398 g/mol. The number of aliphatic carboxylic acids is 1. The zero-order valence-electron chi connectivity index (χ0n) is 14.3. The number of carbonyl (C=O) groups is 2. The van der Waals surface area contributed by atoms with Crippen LogP contribution in [0.1, 0.15) is 19.3 Å². The van der Waals surface area contributed by atoms with Gasteiger partial charge in [0.25, 0.3) is 10.0 Å². The summed E-state index contributed by atoms with van der Waals surface area (Å²) >= 11 is 1.19. The molecule has 0 radical (unpaired) electrons. The van der Waals surface area contributed by atoms with Crippen LogP contribution in [0.5, 0.6) is 0 Å². The van der Waals surface area contributed by atoms with Crippen molar-refractivity contribution < 1.29 is 23.1 Å². The first-order chi connectivity index (χ1) is 12.4. The van der Waals surface area contributed by atoms with Crippen LogP contribution in [0.4, 0.5) is 0 Å². The Morgan fingerprint density at radius 1 is 1.08 bits per heavy atom. The van der Waals surface area contributed by atoms with Crippen molar-refractivity contribution in [2.75, 3.05) is 26.2 Å². The van der Waals surface area contributed by atoms with Gasteiger partial charge < -0.3 is 10.0 Å². The molecule has 1 aliphatic heterocycles. The summed E-state index contributed by atoms with van der Waals surface area (Å²) < 4.78 is 26.9. The first-order valence-electron chi connectivity index (χ1n) is 8.95. The van der Waals surface area contributed by atoms with E-state index in [1.165, 1.54) is 15.6 Å². The number of hydrogen-bond donors (Lipinski definition) is 1. The summed E-state index contributed by atoms with van der Waals surface area (Å²) in [4.78, 5) is 26.3. The molecule has 2 heterocycles. The number of thiophene rings is 1. The molecule has 26 heavy (non-hydrogen) atoms. The Labute approximate surface area is 156 Å². The molecule has 1 aromatic rings. The number of amides is 1. The predicted octanol–water partition coefficient (Wildman–Crippen LogP) is 1.33. The number of hydrogen-bond acceptors (Lipinski definition) is 5. The average Bonchev–Trinajstić information content (AvgIpc) is 3.37. The molecule has 3 fully saturated rings. The summed E-state index contributed by atoms with van der Waals surface area (Å²) in [6, 6.07) is 3.29. The maximum absolute atomic E-state index is 13.0. The minimum Gasteiger partial charge on any atom is -0.481 e. The summed E-state index contributed by atoms with van der Waals surface area (Å²) in [5, 5.41) is 11.3. The van der Waals surface area contributed by atoms with Gasteiger partial charge in [-0.05, 0) is 42.5 Å². The molecular weight excluding hydrogens is 376 g/mol. The number of carboxylic acid groups (broad SMARTS) is 1. The molecule has 142 valence electrons. The molecule has 0 unspecified atom stereocenters. The van der Waals surface area contributed by atoms with Crippen LogP contribution in [-0.2, 0) is 19.6 Å². The lowest BCUT2D eigenvalue weighted by Crippen LogP contribution is -2.53. The highest BCUT2D eigenvalue weighted by Crippen LogP contribution is 2.53. The molecule has 4 rings (SSSR count). The number of piperazine rings is 1. The van der Waals surface area contributed by atoms with E-state index in [0.29, 0.717) is 17.3 Å². The number of nitrogens with zero attached hydrogens (tertiary/aromatic N) is 2. The van der Waals surface area contributed by atoms with E-state index in [2.05, 4.69) is 0 Å². The molecule has 1 saturated heterocycles. The van der Waals surface area contributed by atoms with Crippen LogP contribution in [0, 0.1) is 23.7 Å². The van der Waals surface area contributed by atoms with Gasteiger partial charge in [-0.2, -0.15) is 4.31 Å². The Kier molecular flexibility index (Phi) is 4.56. The third-order valence-corrected chi connectivity index (χ3v) is 9.40. The maximum Gasteiger partial charge on any atom is 0.307 e. The smallest absolute Gasteiger partial charge is 0.307 e. The lowest BCUT2D eigenvalue weighted by Gasteiger charge is -2.37. The summed E-state index contributed by atoms with van der Waals surface area (Å²) in [6.07, 6.45) is 2.66. The molecule has 0 aromatic carbocycles. The van der Waals surface area contributed by atoms with Crippen molar-refractivity contribution in [3.63, 3.8) is 0 Å². The second-order valence-corrected chi connectivity index (χ2v) is 10.5. The van der Waals surface area contributed by atoms with E-state index in [9.17, 15) is 23.1 Å². The van der Waals surface area contributed by atoms with Crippen molar-refractivity contribution in [2.45, 2.75) is 23.5 Å². The SMILES string of the molecule is O=C(O)[C@H]1[C@H]2CC[C@H](C2)[C@@H]1C(=O)N1CCN(S(=O)(=O)c2cccs2)CC1. The van der Waals surface area contributed by atoms with E-state index in [0.717, 1.165) is 19.3 Å². The maximum atomic E-state index is 13.0. The Morgan fingerprint density at radius 3 is 2.31 bits per heavy atom. The first-order valence-corrected chi connectivity index (χ1v) is 11.3. The van der Waals surface area contributed by atoms with Crippen molar-refractivity contribution in [2.24, 2.45) is 23.7 Å². The van der Waals surface area contributed by atoms with Crippen LogP contribution >= 0.6 is 11.3 Å². The summed E-state index contributed by atoms with van der Waals surface area (Å²) in [5.41, 5.74) is 0. The molecule has 1 aromatic heterocycles. The van der Waals surface area contributed by atoms with Crippen molar-refractivity contribution in [1.82, 2.24) is 9.21 Å². The fourth-order valence-electron chi connectivity index (χ4n) is 4.90. The molecule has 9 heteroatoms. The lowest BCUT2D eigenvalue weighted by molar-refractivity contribution is -0.153. The van der Waals surface area contributed by atoms with Gasteiger partial charge in [-0.25, -0.2) is 8.42 Å². The van der Waals surface area contributed by atoms with Crippen LogP contribution in [-0.4, -0.2) is 60.8 Å². The number of rotatable bonds is 4.